The Morgan fingerprint density at radius 2 is 1.90 bits per heavy atom. The van der Waals surface area contributed by atoms with Crippen molar-refractivity contribution in [2.24, 2.45) is 0 Å². The van der Waals surface area contributed by atoms with Crippen LogP contribution >= 0.6 is 11.3 Å². The largest absolute Gasteiger partial charge is 0.325 e. The van der Waals surface area contributed by atoms with Gasteiger partial charge in [-0.05, 0) is 42.0 Å². The standard InChI is InChI=1S/C16H19FN2OS/c1-10-6-13(7-11(2)16(10)17)8-18-9-15-14(4-5-21-15)19-12(3)20/h4-7,18H,8-9H2,1-3H3,(H,19,20). The number of aryl methyl sites for hydroxylation is 2. The molecule has 0 aliphatic heterocycles. The highest BCUT2D eigenvalue weighted by molar-refractivity contribution is 7.10. The molecule has 5 heteroatoms. The number of carbonyl (C=O) groups is 1. The maximum Gasteiger partial charge on any atom is 0.221 e. The molecule has 21 heavy (non-hydrogen) atoms. The molecule has 2 aromatic rings. The maximum atomic E-state index is 13.6. The Morgan fingerprint density at radius 3 is 2.52 bits per heavy atom. The third-order valence-electron chi connectivity index (χ3n) is 3.17. The predicted molar refractivity (Wildman–Crippen MR) is 85.0 cm³/mol. The van der Waals surface area contributed by atoms with E-state index in [1.807, 2.05) is 23.6 Å². The van der Waals surface area contributed by atoms with Crippen molar-refractivity contribution in [1.82, 2.24) is 5.32 Å². The van der Waals surface area contributed by atoms with Gasteiger partial charge in [0.25, 0.3) is 0 Å². The van der Waals surface area contributed by atoms with Gasteiger partial charge < -0.3 is 10.6 Å². The SMILES string of the molecule is CC(=O)Nc1ccsc1CNCc1cc(C)c(F)c(C)c1. The molecular formula is C16H19FN2OS. The molecule has 3 nitrogen and oxygen atoms in total. The van der Waals surface area contributed by atoms with Crippen LogP contribution in [0.5, 0.6) is 0 Å². The molecule has 0 aliphatic carbocycles. The van der Waals surface area contributed by atoms with Gasteiger partial charge in [-0.3, -0.25) is 4.79 Å². The lowest BCUT2D eigenvalue weighted by Crippen LogP contribution is -2.14. The first-order chi connectivity index (χ1) is 9.97. The Bertz CT molecular complexity index is 628. The van der Waals surface area contributed by atoms with Crippen LogP contribution in [0.15, 0.2) is 23.6 Å². The first-order valence-corrected chi connectivity index (χ1v) is 7.65. The van der Waals surface area contributed by atoms with E-state index in [2.05, 4.69) is 10.6 Å². The average molecular weight is 306 g/mol. The number of benzene rings is 1. The molecule has 1 aromatic heterocycles. The molecule has 0 saturated carbocycles. The van der Waals surface area contributed by atoms with E-state index < -0.39 is 0 Å². The molecule has 1 heterocycles. The molecule has 2 N–H and O–H groups in total. The molecule has 0 bridgehead atoms. The van der Waals surface area contributed by atoms with Crippen LogP contribution in [-0.2, 0) is 17.9 Å². The lowest BCUT2D eigenvalue weighted by molar-refractivity contribution is -0.114. The normalized spacial score (nSPS) is 10.7. The van der Waals surface area contributed by atoms with Crippen molar-refractivity contribution < 1.29 is 9.18 Å². The fourth-order valence-electron chi connectivity index (χ4n) is 2.24. The number of amides is 1. The third kappa shape index (κ3) is 4.12. The Balaban J connectivity index is 1.96. The van der Waals surface area contributed by atoms with E-state index in [1.54, 1.807) is 25.2 Å². The fourth-order valence-corrected chi connectivity index (χ4v) is 3.04. The van der Waals surface area contributed by atoms with Gasteiger partial charge in [0, 0.05) is 24.9 Å². The highest BCUT2D eigenvalue weighted by Crippen LogP contribution is 2.22. The number of nitrogens with one attached hydrogen (secondary N) is 2. The predicted octanol–water partition coefficient (Wildman–Crippen LogP) is 3.75. The van der Waals surface area contributed by atoms with Crippen LogP contribution in [0.4, 0.5) is 10.1 Å². The Hall–Kier alpha value is -1.72. The molecular weight excluding hydrogens is 287 g/mol. The smallest absolute Gasteiger partial charge is 0.221 e. The summed E-state index contributed by atoms with van der Waals surface area (Å²) in [6, 6.07) is 5.62. The number of hydrogen-bond acceptors (Lipinski definition) is 3. The Morgan fingerprint density at radius 1 is 1.24 bits per heavy atom. The van der Waals surface area contributed by atoms with E-state index in [9.17, 15) is 9.18 Å². The summed E-state index contributed by atoms with van der Waals surface area (Å²) in [4.78, 5) is 12.2. The van der Waals surface area contributed by atoms with Crippen molar-refractivity contribution in [3.05, 3.63) is 51.0 Å². The van der Waals surface area contributed by atoms with E-state index in [0.717, 1.165) is 16.1 Å². The van der Waals surface area contributed by atoms with E-state index in [4.69, 9.17) is 0 Å². The van der Waals surface area contributed by atoms with Crippen LogP contribution in [0, 0.1) is 19.7 Å². The molecule has 0 radical (unpaired) electrons. The van der Waals surface area contributed by atoms with E-state index in [1.165, 1.54) is 6.92 Å². The summed E-state index contributed by atoms with van der Waals surface area (Å²) in [6.45, 7) is 6.39. The Kier molecular flexibility index (Phi) is 5.09. The fraction of sp³-hybridized carbons (Fsp3) is 0.312. The minimum absolute atomic E-state index is 0.0700. The summed E-state index contributed by atoms with van der Waals surface area (Å²) in [5.74, 6) is -0.204. The summed E-state index contributed by atoms with van der Waals surface area (Å²) in [5.41, 5.74) is 3.25. The zero-order valence-electron chi connectivity index (χ0n) is 12.4. The van der Waals surface area contributed by atoms with Crippen molar-refractivity contribution in [3.8, 4) is 0 Å². The number of anilines is 1. The molecule has 112 valence electrons. The van der Waals surface area contributed by atoms with Crippen LogP contribution < -0.4 is 10.6 Å². The zero-order chi connectivity index (χ0) is 15.4. The topological polar surface area (TPSA) is 41.1 Å². The van der Waals surface area contributed by atoms with Gasteiger partial charge in [-0.2, -0.15) is 0 Å². The number of thiophene rings is 1. The molecule has 1 amide bonds. The molecule has 0 unspecified atom stereocenters. The van der Waals surface area contributed by atoms with Crippen molar-refractivity contribution in [2.45, 2.75) is 33.9 Å². The van der Waals surface area contributed by atoms with Crippen LogP contribution in [-0.4, -0.2) is 5.91 Å². The first-order valence-electron chi connectivity index (χ1n) is 6.77. The zero-order valence-corrected chi connectivity index (χ0v) is 13.2. The molecule has 0 fully saturated rings. The van der Waals surface area contributed by atoms with Gasteiger partial charge in [-0.25, -0.2) is 4.39 Å². The summed E-state index contributed by atoms with van der Waals surface area (Å²) < 4.78 is 13.6. The van der Waals surface area contributed by atoms with E-state index in [0.29, 0.717) is 24.2 Å². The second-order valence-electron chi connectivity index (χ2n) is 5.09. The number of hydrogen-bond donors (Lipinski definition) is 2. The molecule has 0 aliphatic rings. The van der Waals surface area contributed by atoms with Gasteiger partial charge in [0.1, 0.15) is 5.82 Å². The second kappa shape index (κ2) is 6.83. The van der Waals surface area contributed by atoms with Crippen LogP contribution in [0.25, 0.3) is 0 Å². The second-order valence-corrected chi connectivity index (χ2v) is 6.09. The minimum atomic E-state index is -0.134. The third-order valence-corrected chi connectivity index (χ3v) is 4.09. The highest BCUT2D eigenvalue weighted by atomic mass is 32.1. The van der Waals surface area contributed by atoms with Gasteiger partial charge in [0.2, 0.25) is 5.91 Å². The van der Waals surface area contributed by atoms with E-state index in [-0.39, 0.29) is 11.7 Å². The average Bonchev–Trinajstić information content (AvgIpc) is 2.82. The molecule has 1 aromatic carbocycles. The summed E-state index contributed by atoms with van der Waals surface area (Å²) in [7, 11) is 0. The molecule has 0 saturated heterocycles. The van der Waals surface area contributed by atoms with Crippen LogP contribution in [0.2, 0.25) is 0 Å². The van der Waals surface area contributed by atoms with Crippen LogP contribution in [0.3, 0.4) is 0 Å². The first kappa shape index (κ1) is 15.7. The summed E-state index contributed by atoms with van der Waals surface area (Å²) >= 11 is 1.60. The maximum absolute atomic E-state index is 13.6. The van der Waals surface area contributed by atoms with Gasteiger partial charge >= 0.3 is 0 Å². The molecule has 0 spiro atoms. The minimum Gasteiger partial charge on any atom is -0.325 e. The van der Waals surface area contributed by atoms with E-state index >= 15 is 0 Å². The van der Waals surface area contributed by atoms with Gasteiger partial charge in [-0.15, -0.1) is 11.3 Å². The van der Waals surface area contributed by atoms with Crippen molar-refractivity contribution in [1.29, 1.82) is 0 Å². The van der Waals surface area contributed by atoms with Crippen molar-refractivity contribution in [3.63, 3.8) is 0 Å². The summed E-state index contributed by atoms with van der Waals surface area (Å²) in [5, 5.41) is 8.09. The monoisotopic (exact) mass is 306 g/mol. The van der Waals surface area contributed by atoms with Crippen molar-refractivity contribution >= 4 is 22.9 Å². The molecule has 0 atom stereocenters. The summed E-state index contributed by atoms with van der Waals surface area (Å²) in [6.07, 6.45) is 0. The number of halogens is 1. The lowest BCUT2D eigenvalue weighted by Gasteiger charge is -2.09. The van der Waals surface area contributed by atoms with Crippen LogP contribution in [0.1, 0.15) is 28.5 Å². The van der Waals surface area contributed by atoms with Crippen molar-refractivity contribution in [2.75, 3.05) is 5.32 Å². The van der Waals surface area contributed by atoms with Gasteiger partial charge in [0.15, 0.2) is 0 Å². The lowest BCUT2D eigenvalue weighted by atomic mass is 10.1. The highest BCUT2D eigenvalue weighted by Gasteiger charge is 2.07. The Labute approximate surface area is 128 Å². The quantitative estimate of drug-likeness (QED) is 0.883. The van der Waals surface area contributed by atoms with Gasteiger partial charge in [0.05, 0.1) is 5.69 Å². The molecule has 2 rings (SSSR count). The van der Waals surface area contributed by atoms with Gasteiger partial charge in [-0.1, -0.05) is 12.1 Å². The number of rotatable bonds is 5. The number of carbonyl (C=O) groups excluding carboxylic acids is 1.